The molecular weight excluding hydrogens is 150 g/mol. The first-order valence-corrected chi connectivity index (χ1v) is 2.89. The zero-order chi connectivity index (χ0) is 8.43. The first kappa shape index (κ1) is 7.67. The quantitative estimate of drug-likeness (QED) is 0.511. The van der Waals surface area contributed by atoms with E-state index >= 15 is 0 Å². The van der Waals surface area contributed by atoms with Crippen molar-refractivity contribution >= 4 is 0 Å². The molecule has 1 rings (SSSR count). The van der Waals surface area contributed by atoms with Crippen LogP contribution < -0.4 is 5.56 Å². The van der Waals surface area contributed by atoms with Crippen LogP contribution in [-0.4, -0.2) is 25.0 Å². The second-order valence-corrected chi connectivity index (χ2v) is 1.96. The highest BCUT2D eigenvalue weighted by atomic mass is 16.3. The van der Waals surface area contributed by atoms with Gasteiger partial charge < -0.3 is 10.2 Å². The molecule has 0 saturated carbocycles. The normalized spacial score (nSPS) is 10.0. The van der Waals surface area contributed by atoms with Crippen LogP contribution in [0.1, 0.15) is 5.82 Å². The van der Waals surface area contributed by atoms with Crippen molar-refractivity contribution in [2.75, 3.05) is 0 Å². The fraction of sp³-hybridized carbons (Fsp3) is 0.400. The van der Waals surface area contributed by atoms with E-state index in [-0.39, 0.29) is 12.4 Å². The van der Waals surface area contributed by atoms with Gasteiger partial charge in [0.2, 0.25) is 0 Å². The van der Waals surface area contributed by atoms with Crippen LogP contribution >= 0.6 is 0 Å². The van der Waals surface area contributed by atoms with Gasteiger partial charge in [0, 0.05) is 7.05 Å². The van der Waals surface area contributed by atoms with E-state index in [0.29, 0.717) is 0 Å². The van der Waals surface area contributed by atoms with Crippen LogP contribution in [0.25, 0.3) is 0 Å². The van der Waals surface area contributed by atoms with Crippen LogP contribution in [0.15, 0.2) is 4.79 Å². The molecule has 0 aromatic carbocycles. The lowest BCUT2D eigenvalue weighted by molar-refractivity contribution is 0.260. The van der Waals surface area contributed by atoms with E-state index < -0.39 is 11.4 Å². The van der Waals surface area contributed by atoms with Crippen LogP contribution in [0.5, 0.6) is 5.88 Å². The second-order valence-electron chi connectivity index (χ2n) is 1.96. The molecule has 1 aromatic heterocycles. The molecule has 0 atom stereocenters. The van der Waals surface area contributed by atoms with Gasteiger partial charge in [0.25, 0.3) is 5.88 Å². The van der Waals surface area contributed by atoms with E-state index in [1.54, 1.807) is 0 Å². The molecular formula is C5H7N3O3. The highest BCUT2D eigenvalue weighted by Crippen LogP contribution is 1.92. The minimum atomic E-state index is -0.663. The third kappa shape index (κ3) is 1.20. The fourth-order valence-electron chi connectivity index (χ4n) is 0.620. The molecule has 6 nitrogen and oxygen atoms in total. The third-order valence-electron chi connectivity index (χ3n) is 1.28. The summed E-state index contributed by atoms with van der Waals surface area (Å²) in [5, 5.41) is 23.8. The lowest BCUT2D eigenvalue weighted by Crippen LogP contribution is -2.22. The molecule has 60 valence electrons. The zero-order valence-electron chi connectivity index (χ0n) is 5.85. The number of rotatable bonds is 1. The smallest absolute Gasteiger partial charge is 0.315 e. The van der Waals surface area contributed by atoms with Gasteiger partial charge in [0.15, 0.2) is 5.82 Å². The molecule has 0 spiro atoms. The molecule has 1 aromatic rings. The summed E-state index contributed by atoms with van der Waals surface area (Å²) >= 11 is 0. The van der Waals surface area contributed by atoms with Crippen molar-refractivity contribution in [2.24, 2.45) is 7.05 Å². The van der Waals surface area contributed by atoms with Crippen molar-refractivity contribution in [2.45, 2.75) is 6.61 Å². The number of aliphatic hydroxyl groups is 1. The summed E-state index contributed by atoms with van der Waals surface area (Å²) in [6.07, 6.45) is 0. The molecule has 0 unspecified atom stereocenters. The summed E-state index contributed by atoms with van der Waals surface area (Å²) in [7, 11) is 1.39. The van der Waals surface area contributed by atoms with E-state index in [0.717, 1.165) is 4.57 Å². The summed E-state index contributed by atoms with van der Waals surface area (Å²) in [5.41, 5.74) is -0.663. The first-order valence-electron chi connectivity index (χ1n) is 2.89. The van der Waals surface area contributed by atoms with E-state index in [2.05, 4.69) is 10.2 Å². The maximum atomic E-state index is 10.8. The Morgan fingerprint density at radius 1 is 1.55 bits per heavy atom. The number of nitrogens with zero attached hydrogens (tertiary/aromatic N) is 3. The SMILES string of the molecule is Cn1c(CO)nnc(O)c1=O. The predicted molar refractivity (Wildman–Crippen MR) is 34.9 cm³/mol. The maximum absolute atomic E-state index is 10.8. The summed E-state index contributed by atoms with van der Waals surface area (Å²) in [5.74, 6) is -0.544. The molecule has 0 aliphatic carbocycles. The van der Waals surface area contributed by atoms with Crippen LogP contribution in [-0.2, 0) is 13.7 Å². The molecule has 0 fully saturated rings. The third-order valence-corrected chi connectivity index (χ3v) is 1.28. The van der Waals surface area contributed by atoms with Gasteiger partial charge in [0.1, 0.15) is 6.61 Å². The summed E-state index contributed by atoms with van der Waals surface area (Å²) < 4.78 is 1.03. The Bertz CT molecular complexity index is 319. The van der Waals surface area contributed by atoms with E-state index in [9.17, 15) is 4.79 Å². The molecule has 0 bridgehead atoms. The van der Waals surface area contributed by atoms with Gasteiger partial charge in [-0.25, -0.2) is 0 Å². The standard InChI is InChI=1S/C5H7N3O3/c1-8-3(2-9)6-7-4(10)5(8)11/h9H,2H2,1H3,(H,7,10). The summed E-state index contributed by atoms with van der Waals surface area (Å²) in [4.78, 5) is 10.8. The highest BCUT2D eigenvalue weighted by molar-refractivity contribution is 5.00. The van der Waals surface area contributed by atoms with Gasteiger partial charge >= 0.3 is 5.56 Å². The average molecular weight is 157 g/mol. The van der Waals surface area contributed by atoms with Crippen LogP contribution in [0.3, 0.4) is 0 Å². The van der Waals surface area contributed by atoms with Crippen molar-refractivity contribution in [3.05, 3.63) is 16.2 Å². The molecule has 2 N–H and O–H groups in total. The van der Waals surface area contributed by atoms with Crippen LogP contribution in [0.2, 0.25) is 0 Å². The lowest BCUT2D eigenvalue weighted by atomic mass is 10.6. The van der Waals surface area contributed by atoms with Crippen molar-refractivity contribution in [3.8, 4) is 5.88 Å². The highest BCUT2D eigenvalue weighted by Gasteiger charge is 2.05. The number of aliphatic hydroxyl groups excluding tert-OH is 1. The molecule has 6 heteroatoms. The molecule has 0 saturated heterocycles. The molecule has 0 aliphatic heterocycles. The van der Waals surface area contributed by atoms with Crippen molar-refractivity contribution in [1.29, 1.82) is 0 Å². The lowest BCUT2D eigenvalue weighted by Gasteiger charge is -2.00. The minimum Gasteiger partial charge on any atom is -0.488 e. The van der Waals surface area contributed by atoms with E-state index in [4.69, 9.17) is 10.2 Å². The van der Waals surface area contributed by atoms with Crippen LogP contribution in [0.4, 0.5) is 0 Å². The van der Waals surface area contributed by atoms with Crippen molar-refractivity contribution in [1.82, 2.24) is 14.8 Å². The minimum absolute atomic E-state index is 0.118. The van der Waals surface area contributed by atoms with Gasteiger partial charge in [-0.1, -0.05) is 0 Å². The second kappa shape index (κ2) is 2.67. The molecule has 0 aliphatic rings. The van der Waals surface area contributed by atoms with Crippen LogP contribution in [0, 0.1) is 0 Å². The van der Waals surface area contributed by atoms with Gasteiger partial charge in [-0.3, -0.25) is 9.36 Å². The van der Waals surface area contributed by atoms with E-state index in [1.165, 1.54) is 7.05 Å². The Morgan fingerprint density at radius 3 is 2.73 bits per heavy atom. The number of aromatic hydroxyl groups is 1. The Balaban J connectivity index is 3.37. The van der Waals surface area contributed by atoms with Gasteiger partial charge in [-0.2, -0.15) is 0 Å². The van der Waals surface area contributed by atoms with Crippen molar-refractivity contribution < 1.29 is 10.2 Å². The molecule has 0 amide bonds. The first-order chi connectivity index (χ1) is 5.16. The summed E-state index contributed by atoms with van der Waals surface area (Å²) in [6, 6.07) is 0. The Labute approximate surface area is 61.7 Å². The molecule has 0 radical (unpaired) electrons. The maximum Gasteiger partial charge on any atom is 0.315 e. The number of hydrogen-bond acceptors (Lipinski definition) is 5. The topological polar surface area (TPSA) is 88.2 Å². The van der Waals surface area contributed by atoms with Gasteiger partial charge in [-0.05, 0) is 0 Å². The summed E-state index contributed by atoms with van der Waals surface area (Å²) in [6.45, 7) is -0.376. The average Bonchev–Trinajstić information content (AvgIpc) is 2.01. The van der Waals surface area contributed by atoms with Gasteiger partial charge in [-0.15, -0.1) is 10.2 Å². The fourth-order valence-corrected chi connectivity index (χ4v) is 0.620. The Hall–Kier alpha value is -1.43. The molecule has 1 heterocycles. The zero-order valence-corrected chi connectivity index (χ0v) is 5.85. The number of aromatic nitrogens is 3. The Kier molecular flexibility index (Phi) is 1.86. The van der Waals surface area contributed by atoms with Gasteiger partial charge in [0.05, 0.1) is 0 Å². The predicted octanol–water partition coefficient (Wildman–Crippen LogP) is -1.63. The van der Waals surface area contributed by atoms with E-state index in [1.807, 2.05) is 0 Å². The monoisotopic (exact) mass is 157 g/mol. The Morgan fingerprint density at radius 2 is 2.18 bits per heavy atom. The number of hydrogen-bond donors (Lipinski definition) is 2. The molecule has 11 heavy (non-hydrogen) atoms. The van der Waals surface area contributed by atoms with Crippen molar-refractivity contribution in [3.63, 3.8) is 0 Å². The largest absolute Gasteiger partial charge is 0.488 e.